The molecule has 108 valence electrons. The Bertz CT molecular complexity index is 826. The van der Waals surface area contributed by atoms with Crippen LogP contribution in [0.5, 0.6) is 0 Å². The Morgan fingerprint density at radius 2 is 1.86 bits per heavy atom. The van der Waals surface area contributed by atoms with E-state index in [0.29, 0.717) is 0 Å². The van der Waals surface area contributed by atoms with Gasteiger partial charge in [-0.15, -0.1) is 0 Å². The first kappa shape index (κ1) is 13.7. The summed E-state index contributed by atoms with van der Waals surface area (Å²) in [5, 5.41) is 0.0539. The van der Waals surface area contributed by atoms with E-state index in [2.05, 4.69) is 9.97 Å². The van der Waals surface area contributed by atoms with Gasteiger partial charge in [-0.2, -0.15) is 13.2 Å². The van der Waals surface area contributed by atoms with Gasteiger partial charge in [-0.1, -0.05) is 17.7 Å². The largest absolute Gasteiger partial charge is 0.435 e. The fourth-order valence-electron chi connectivity index (χ4n) is 2.06. The van der Waals surface area contributed by atoms with Crippen molar-refractivity contribution in [3.63, 3.8) is 0 Å². The van der Waals surface area contributed by atoms with Crippen molar-refractivity contribution in [3.8, 4) is 11.4 Å². The summed E-state index contributed by atoms with van der Waals surface area (Å²) in [7, 11) is 0. The van der Waals surface area contributed by atoms with Crippen molar-refractivity contribution in [2.24, 2.45) is 0 Å². The lowest BCUT2D eigenvalue weighted by atomic mass is 10.2. The van der Waals surface area contributed by atoms with Crippen LogP contribution in [0.2, 0.25) is 5.15 Å². The molecular weight excluding hydrogens is 305 g/mol. The highest BCUT2D eigenvalue weighted by Gasteiger charge is 2.39. The summed E-state index contributed by atoms with van der Waals surface area (Å²) in [5.74, 6) is 0. The number of nitrogen functional groups attached to an aromatic ring is 1. The van der Waals surface area contributed by atoms with Gasteiger partial charge in [0.2, 0.25) is 0 Å². The minimum absolute atomic E-state index is 0.0477. The Morgan fingerprint density at radius 1 is 1.10 bits per heavy atom. The molecule has 0 fully saturated rings. The molecule has 0 saturated heterocycles. The van der Waals surface area contributed by atoms with Gasteiger partial charge >= 0.3 is 6.18 Å². The molecule has 0 atom stereocenters. The monoisotopic (exact) mass is 312 g/mol. The van der Waals surface area contributed by atoms with E-state index in [1.54, 1.807) is 12.1 Å². The average molecular weight is 313 g/mol. The molecule has 0 aliphatic rings. The van der Waals surface area contributed by atoms with Crippen molar-refractivity contribution in [1.82, 2.24) is 14.4 Å². The molecule has 21 heavy (non-hydrogen) atoms. The first-order chi connectivity index (χ1) is 9.88. The van der Waals surface area contributed by atoms with E-state index in [4.69, 9.17) is 17.3 Å². The Hall–Kier alpha value is -2.28. The number of nitrogens with zero attached hydrogens (tertiary/aromatic N) is 3. The second kappa shape index (κ2) is 4.63. The molecule has 3 heterocycles. The maximum Gasteiger partial charge on any atom is 0.435 e. The maximum absolute atomic E-state index is 13.2. The first-order valence-corrected chi connectivity index (χ1v) is 6.22. The Morgan fingerprint density at radius 3 is 2.57 bits per heavy atom. The van der Waals surface area contributed by atoms with E-state index < -0.39 is 11.9 Å². The smallest absolute Gasteiger partial charge is 0.397 e. The third kappa shape index (κ3) is 2.29. The highest BCUT2D eigenvalue weighted by atomic mass is 35.5. The molecule has 2 N–H and O–H groups in total. The number of imidazole rings is 1. The molecule has 0 aromatic carbocycles. The normalized spacial score (nSPS) is 12.0. The number of fused-ring (bicyclic) bond motifs is 1. The van der Waals surface area contributed by atoms with Crippen molar-refractivity contribution >= 4 is 22.9 Å². The number of pyridine rings is 2. The zero-order chi connectivity index (χ0) is 15.2. The zero-order valence-electron chi connectivity index (χ0n) is 10.4. The number of hydrogen-bond acceptors (Lipinski definition) is 3. The summed E-state index contributed by atoms with van der Waals surface area (Å²) in [5.41, 5.74) is 4.68. The SMILES string of the molecule is Nc1ccc(Cl)nc1-c1c(C(F)(F)F)nc2ccccn12. The molecule has 0 unspecified atom stereocenters. The fraction of sp³-hybridized carbons (Fsp3) is 0.0769. The van der Waals surface area contributed by atoms with Crippen molar-refractivity contribution in [3.05, 3.63) is 47.4 Å². The van der Waals surface area contributed by atoms with Gasteiger partial charge in [0.1, 0.15) is 22.2 Å². The van der Waals surface area contributed by atoms with Crippen LogP contribution in [0.1, 0.15) is 5.69 Å². The number of halogens is 4. The van der Waals surface area contributed by atoms with Gasteiger partial charge in [0, 0.05) is 6.20 Å². The molecule has 8 heteroatoms. The van der Waals surface area contributed by atoms with Crippen LogP contribution < -0.4 is 5.73 Å². The summed E-state index contributed by atoms with van der Waals surface area (Å²) < 4.78 is 41.0. The molecule has 0 amide bonds. The Balaban J connectivity index is 2.42. The highest BCUT2D eigenvalue weighted by molar-refractivity contribution is 6.29. The van der Waals surface area contributed by atoms with E-state index in [-0.39, 0.29) is 27.9 Å². The molecule has 0 radical (unpaired) electrons. The van der Waals surface area contributed by atoms with Crippen LogP contribution in [0, 0.1) is 0 Å². The third-order valence-electron chi connectivity index (χ3n) is 2.92. The molecule has 0 bridgehead atoms. The van der Waals surface area contributed by atoms with Crippen molar-refractivity contribution in [1.29, 1.82) is 0 Å². The first-order valence-electron chi connectivity index (χ1n) is 5.84. The summed E-state index contributed by atoms with van der Waals surface area (Å²) in [6, 6.07) is 7.49. The molecule has 0 saturated carbocycles. The standard InChI is InChI=1S/C13H8ClF3N4/c14-8-5-4-7(18)10(19-8)11-12(13(15,16)17)20-9-3-1-2-6-21(9)11/h1-6H,18H2. The molecule has 0 aliphatic heterocycles. The molecule has 0 spiro atoms. The van der Waals surface area contributed by atoms with Gasteiger partial charge in [-0.3, -0.25) is 4.40 Å². The van der Waals surface area contributed by atoms with Crippen LogP contribution in [0.25, 0.3) is 17.0 Å². The van der Waals surface area contributed by atoms with Gasteiger partial charge in [-0.25, -0.2) is 9.97 Å². The molecule has 3 aromatic rings. The topological polar surface area (TPSA) is 56.2 Å². The van der Waals surface area contributed by atoms with Crippen LogP contribution in [-0.2, 0) is 6.18 Å². The lowest BCUT2D eigenvalue weighted by Crippen LogP contribution is -2.09. The quantitative estimate of drug-likeness (QED) is 0.698. The lowest BCUT2D eigenvalue weighted by molar-refractivity contribution is -0.140. The maximum atomic E-state index is 13.2. The number of hydrogen-bond donors (Lipinski definition) is 1. The van der Waals surface area contributed by atoms with Crippen LogP contribution in [0.3, 0.4) is 0 Å². The predicted molar refractivity (Wildman–Crippen MR) is 72.8 cm³/mol. The van der Waals surface area contributed by atoms with E-state index in [0.717, 1.165) is 0 Å². The minimum Gasteiger partial charge on any atom is -0.397 e. The molecular formula is C13H8ClF3N4. The molecule has 3 rings (SSSR count). The number of alkyl halides is 3. The van der Waals surface area contributed by atoms with Crippen LogP contribution in [0.15, 0.2) is 36.5 Å². The average Bonchev–Trinajstić information content (AvgIpc) is 2.81. The zero-order valence-corrected chi connectivity index (χ0v) is 11.2. The summed E-state index contributed by atoms with van der Waals surface area (Å²) >= 11 is 5.77. The van der Waals surface area contributed by atoms with Crippen molar-refractivity contribution < 1.29 is 13.2 Å². The Kier molecular flexibility index (Phi) is 3.02. The minimum atomic E-state index is -4.63. The number of anilines is 1. The molecule has 4 nitrogen and oxygen atoms in total. The number of rotatable bonds is 1. The van der Waals surface area contributed by atoms with E-state index in [9.17, 15) is 13.2 Å². The van der Waals surface area contributed by atoms with Crippen LogP contribution in [0.4, 0.5) is 18.9 Å². The van der Waals surface area contributed by atoms with E-state index in [1.807, 2.05) is 0 Å². The van der Waals surface area contributed by atoms with Crippen molar-refractivity contribution in [2.75, 3.05) is 5.73 Å². The highest BCUT2D eigenvalue weighted by Crippen LogP contribution is 2.38. The molecule has 3 aromatic heterocycles. The third-order valence-corrected chi connectivity index (χ3v) is 3.13. The Labute approximate surface area is 122 Å². The predicted octanol–water partition coefficient (Wildman–Crippen LogP) is 3.65. The van der Waals surface area contributed by atoms with Gasteiger partial charge in [-0.05, 0) is 24.3 Å². The van der Waals surface area contributed by atoms with Gasteiger partial charge < -0.3 is 5.73 Å². The summed E-state index contributed by atoms with van der Waals surface area (Å²) in [4.78, 5) is 7.55. The summed E-state index contributed by atoms with van der Waals surface area (Å²) in [6.07, 6.45) is -3.16. The van der Waals surface area contributed by atoms with Gasteiger partial charge in [0.25, 0.3) is 0 Å². The molecule has 0 aliphatic carbocycles. The summed E-state index contributed by atoms with van der Waals surface area (Å²) in [6.45, 7) is 0. The fourth-order valence-corrected chi connectivity index (χ4v) is 2.20. The number of aromatic nitrogens is 3. The lowest BCUT2D eigenvalue weighted by Gasteiger charge is -2.09. The van der Waals surface area contributed by atoms with Gasteiger partial charge in [0.05, 0.1) is 5.69 Å². The van der Waals surface area contributed by atoms with Crippen molar-refractivity contribution in [2.45, 2.75) is 6.18 Å². The van der Waals surface area contributed by atoms with Gasteiger partial charge in [0.15, 0.2) is 5.69 Å². The second-order valence-corrected chi connectivity index (χ2v) is 4.69. The van der Waals surface area contributed by atoms with E-state index >= 15 is 0 Å². The van der Waals surface area contributed by atoms with Crippen LogP contribution in [-0.4, -0.2) is 14.4 Å². The second-order valence-electron chi connectivity index (χ2n) is 4.31. The van der Waals surface area contributed by atoms with Crippen LogP contribution >= 0.6 is 11.6 Å². The number of nitrogens with two attached hydrogens (primary N) is 1. The van der Waals surface area contributed by atoms with E-state index in [1.165, 1.54) is 28.8 Å².